The first kappa shape index (κ1) is 21.0. The van der Waals surface area contributed by atoms with Crippen molar-refractivity contribution in [2.24, 2.45) is 5.92 Å². The Bertz CT molecular complexity index is 942. The molecule has 0 bridgehead atoms. The molecule has 0 unspecified atom stereocenters. The van der Waals surface area contributed by atoms with Crippen LogP contribution in [0.1, 0.15) is 43.8 Å². The first-order valence-electron chi connectivity index (χ1n) is 10.6. The summed E-state index contributed by atoms with van der Waals surface area (Å²) < 4.78 is 18.8. The van der Waals surface area contributed by atoms with Crippen LogP contribution in [0.3, 0.4) is 0 Å². The van der Waals surface area contributed by atoms with Crippen molar-refractivity contribution in [2.45, 2.75) is 44.2 Å². The number of likely N-dealkylation sites (tertiary alicyclic amines) is 1. The lowest BCUT2D eigenvalue weighted by Gasteiger charge is -2.24. The van der Waals surface area contributed by atoms with Crippen LogP contribution in [0.2, 0.25) is 0 Å². The highest BCUT2D eigenvalue weighted by molar-refractivity contribution is 5.96. The van der Waals surface area contributed by atoms with Gasteiger partial charge in [-0.3, -0.25) is 14.4 Å². The molecule has 1 aliphatic heterocycles. The SMILES string of the molecule is O=C(O[C@@H](C(=O)Nc1ccc(F)cc1)c1ccccc1)[C@H]1CC(=O)N(C2CCCC2)C1. The van der Waals surface area contributed by atoms with Crippen molar-refractivity contribution in [3.8, 4) is 0 Å². The van der Waals surface area contributed by atoms with E-state index in [0.29, 0.717) is 17.8 Å². The highest BCUT2D eigenvalue weighted by atomic mass is 19.1. The third kappa shape index (κ3) is 4.93. The first-order valence-corrected chi connectivity index (χ1v) is 10.6. The smallest absolute Gasteiger partial charge is 0.312 e. The number of benzene rings is 2. The molecule has 2 aromatic carbocycles. The van der Waals surface area contributed by atoms with E-state index in [9.17, 15) is 18.8 Å². The Labute approximate surface area is 180 Å². The normalized spacial score (nSPS) is 20.0. The number of nitrogens with one attached hydrogen (secondary N) is 1. The van der Waals surface area contributed by atoms with Gasteiger partial charge in [-0.15, -0.1) is 0 Å². The minimum atomic E-state index is -1.17. The monoisotopic (exact) mass is 424 g/mol. The maximum atomic E-state index is 13.2. The zero-order chi connectivity index (χ0) is 21.8. The zero-order valence-electron chi connectivity index (χ0n) is 17.1. The predicted molar refractivity (Wildman–Crippen MR) is 112 cm³/mol. The van der Waals surface area contributed by atoms with E-state index >= 15 is 0 Å². The Morgan fingerprint density at radius 2 is 1.71 bits per heavy atom. The van der Waals surface area contributed by atoms with E-state index in [2.05, 4.69) is 5.32 Å². The number of rotatable bonds is 6. The molecule has 4 rings (SSSR count). The van der Waals surface area contributed by atoms with Gasteiger partial charge >= 0.3 is 5.97 Å². The summed E-state index contributed by atoms with van der Waals surface area (Å²) in [5, 5.41) is 2.67. The van der Waals surface area contributed by atoms with Gasteiger partial charge in [0, 0.05) is 30.3 Å². The maximum Gasteiger partial charge on any atom is 0.312 e. The lowest BCUT2D eigenvalue weighted by molar-refractivity contribution is -0.158. The van der Waals surface area contributed by atoms with Gasteiger partial charge in [0.05, 0.1) is 5.92 Å². The standard InChI is InChI=1S/C24H25FN2O4/c25-18-10-12-19(13-11-18)26-23(29)22(16-6-2-1-3-7-16)31-24(30)17-14-21(28)27(15-17)20-8-4-5-9-20/h1-3,6-7,10-13,17,20,22H,4-5,8-9,14-15H2,(H,26,29)/t17-,22+/m0/s1. The number of carbonyl (C=O) groups is 3. The summed E-state index contributed by atoms with van der Waals surface area (Å²) >= 11 is 0. The van der Waals surface area contributed by atoms with Crippen LogP contribution in [0.4, 0.5) is 10.1 Å². The Kier molecular flexibility index (Phi) is 6.30. The molecule has 1 saturated heterocycles. The molecule has 2 aliphatic rings. The summed E-state index contributed by atoms with van der Waals surface area (Å²) in [4.78, 5) is 40.1. The van der Waals surface area contributed by atoms with Crippen LogP contribution in [-0.4, -0.2) is 35.3 Å². The Morgan fingerprint density at radius 3 is 2.39 bits per heavy atom. The average Bonchev–Trinajstić information content (AvgIpc) is 3.43. The molecule has 0 aromatic heterocycles. The van der Waals surface area contributed by atoms with Crippen molar-refractivity contribution in [3.05, 3.63) is 66.0 Å². The number of amides is 2. The fourth-order valence-electron chi connectivity index (χ4n) is 4.31. The number of carbonyl (C=O) groups excluding carboxylic acids is 3. The lowest BCUT2D eigenvalue weighted by atomic mass is 10.1. The van der Waals surface area contributed by atoms with Crippen molar-refractivity contribution in [3.63, 3.8) is 0 Å². The summed E-state index contributed by atoms with van der Waals surface area (Å²) in [6.45, 7) is 0.337. The molecule has 0 spiro atoms. The van der Waals surface area contributed by atoms with Crippen LogP contribution in [0.5, 0.6) is 0 Å². The Morgan fingerprint density at radius 1 is 1.03 bits per heavy atom. The highest BCUT2D eigenvalue weighted by Crippen LogP contribution is 2.31. The van der Waals surface area contributed by atoms with Gasteiger partial charge in [-0.25, -0.2) is 4.39 Å². The molecule has 6 nitrogen and oxygen atoms in total. The van der Waals surface area contributed by atoms with Crippen molar-refractivity contribution < 1.29 is 23.5 Å². The van der Waals surface area contributed by atoms with Crippen molar-refractivity contribution in [1.29, 1.82) is 0 Å². The zero-order valence-corrected chi connectivity index (χ0v) is 17.1. The minimum absolute atomic E-state index is 0.0270. The van der Waals surface area contributed by atoms with Gasteiger partial charge in [0.15, 0.2) is 0 Å². The third-order valence-corrected chi connectivity index (χ3v) is 5.94. The molecule has 0 radical (unpaired) electrons. The van der Waals surface area contributed by atoms with Crippen LogP contribution in [0, 0.1) is 11.7 Å². The van der Waals surface area contributed by atoms with Gasteiger partial charge in [-0.2, -0.15) is 0 Å². The summed E-state index contributed by atoms with van der Waals surface area (Å²) in [5.74, 6) is -2.12. The molecule has 2 atom stereocenters. The van der Waals surface area contributed by atoms with Crippen molar-refractivity contribution in [1.82, 2.24) is 4.90 Å². The maximum absolute atomic E-state index is 13.2. The first-order chi connectivity index (χ1) is 15.0. The number of hydrogen-bond acceptors (Lipinski definition) is 4. The van der Waals surface area contributed by atoms with E-state index in [-0.39, 0.29) is 18.4 Å². The third-order valence-electron chi connectivity index (χ3n) is 5.94. The van der Waals surface area contributed by atoms with Crippen LogP contribution >= 0.6 is 0 Å². The van der Waals surface area contributed by atoms with Crippen molar-refractivity contribution >= 4 is 23.5 Å². The van der Waals surface area contributed by atoms with E-state index in [0.717, 1.165) is 25.7 Å². The molecule has 162 valence electrons. The van der Waals surface area contributed by atoms with Gasteiger partial charge in [0.1, 0.15) is 5.82 Å². The molecule has 1 saturated carbocycles. The van der Waals surface area contributed by atoms with E-state index in [1.807, 2.05) is 0 Å². The van der Waals surface area contributed by atoms with Crippen LogP contribution in [0.15, 0.2) is 54.6 Å². The number of anilines is 1. The summed E-state index contributed by atoms with van der Waals surface area (Å²) in [5.41, 5.74) is 0.916. The second-order valence-corrected chi connectivity index (χ2v) is 8.11. The number of hydrogen-bond donors (Lipinski definition) is 1. The molecule has 1 heterocycles. The van der Waals surface area contributed by atoms with E-state index in [1.165, 1.54) is 24.3 Å². The van der Waals surface area contributed by atoms with Gasteiger partial charge < -0.3 is 15.0 Å². The van der Waals surface area contributed by atoms with Crippen LogP contribution in [-0.2, 0) is 19.1 Å². The molecule has 31 heavy (non-hydrogen) atoms. The van der Waals surface area contributed by atoms with Crippen molar-refractivity contribution in [2.75, 3.05) is 11.9 Å². The summed E-state index contributed by atoms with van der Waals surface area (Å²) in [6, 6.07) is 14.3. The fourth-order valence-corrected chi connectivity index (χ4v) is 4.31. The number of esters is 1. The Hall–Kier alpha value is -3.22. The van der Waals surface area contributed by atoms with Gasteiger partial charge in [-0.1, -0.05) is 43.2 Å². The quantitative estimate of drug-likeness (QED) is 0.715. The molecule has 2 amide bonds. The second kappa shape index (κ2) is 9.29. The van der Waals surface area contributed by atoms with E-state index < -0.39 is 29.7 Å². The number of nitrogens with zero attached hydrogens (tertiary/aromatic N) is 1. The Balaban J connectivity index is 1.47. The second-order valence-electron chi connectivity index (χ2n) is 8.11. The topological polar surface area (TPSA) is 75.7 Å². The molecule has 1 aliphatic carbocycles. The largest absolute Gasteiger partial charge is 0.447 e. The molecule has 2 aromatic rings. The average molecular weight is 424 g/mol. The molecule has 1 N–H and O–H groups in total. The van der Waals surface area contributed by atoms with E-state index in [1.54, 1.807) is 35.2 Å². The van der Waals surface area contributed by atoms with Gasteiger partial charge in [-0.05, 0) is 37.1 Å². The van der Waals surface area contributed by atoms with E-state index in [4.69, 9.17) is 4.74 Å². The number of ether oxygens (including phenoxy) is 1. The molecule has 2 fully saturated rings. The summed E-state index contributed by atoms with van der Waals surface area (Å²) in [7, 11) is 0. The highest BCUT2D eigenvalue weighted by Gasteiger charge is 2.40. The van der Waals surface area contributed by atoms with Crippen LogP contribution < -0.4 is 5.32 Å². The van der Waals surface area contributed by atoms with Gasteiger partial charge in [0.2, 0.25) is 12.0 Å². The minimum Gasteiger partial charge on any atom is -0.447 e. The number of halogens is 1. The molecule has 7 heteroatoms. The summed E-state index contributed by atoms with van der Waals surface area (Å²) in [6.07, 6.45) is 3.08. The van der Waals surface area contributed by atoms with Crippen LogP contribution in [0.25, 0.3) is 0 Å². The fraction of sp³-hybridized carbons (Fsp3) is 0.375. The molecular formula is C24H25FN2O4. The predicted octanol–water partition coefficient (Wildman–Crippen LogP) is 3.84. The van der Waals surface area contributed by atoms with Gasteiger partial charge in [0.25, 0.3) is 5.91 Å². The molecular weight excluding hydrogens is 399 g/mol. The lowest BCUT2D eigenvalue weighted by Crippen LogP contribution is -2.35.